The van der Waals surface area contributed by atoms with Crippen LogP contribution in [0.15, 0.2) is 48.5 Å². The van der Waals surface area contributed by atoms with Gasteiger partial charge in [-0.1, -0.05) is 30.3 Å². The number of aromatic nitrogens is 1. The quantitative estimate of drug-likeness (QED) is 0.442. The van der Waals surface area contributed by atoms with Crippen molar-refractivity contribution in [1.29, 1.82) is 5.26 Å². The first kappa shape index (κ1) is 12.7. The molecule has 0 bridgehead atoms. The third-order valence-electron chi connectivity index (χ3n) is 3.32. The Hall–Kier alpha value is -3.33. The molecule has 0 radical (unpaired) electrons. The molecule has 1 N–H and O–H groups in total. The topological polar surface area (TPSA) is 92.1 Å². The fourth-order valence-electron chi connectivity index (χ4n) is 2.42. The third-order valence-corrected chi connectivity index (χ3v) is 3.32. The SMILES string of the molecule is N#Cc1c(-c2ccccc2[N+](=O)[O-])n(O)c2ccccc12. The van der Waals surface area contributed by atoms with Crippen LogP contribution in [0.3, 0.4) is 0 Å². The van der Waals surface area contributed by atoms with E-state index in [1.807, 2.05) is 6.07 Å². The summed E-state index contributed by atoms with van der Waals surface area (Å²) in [7, 11) is 0. The summed E-state index contributed by atoms with van der Waals surface area (Å²) in [6.07, 6.45) is 0. The Balaban J connectivity index is 2.45. The van der Waals surface area contributed by atoms with Crippen molar-refractivity contribution in [2.45, 2.75) is 0 Å². The van der Waals surface area contributed by atoms with Crippen molar-refractivity contribution < 1.29 is 10.1 Å². The van der Waals surface area contributed by atoms with Gasteiger partial charge in [0.05, 0.1) is 21.6 Å². The monoisotopic (exact) mass is 279 g/mol. The first-order chi connectivity index (χ1) is 10.1. The van der Waals surface area contributed by atoms with Crippen LogP contribution in [-0.2, 0) is 0 Å². The molecule has 6 heteroatoms. The van der Waals surface area contributed by atoms with E-state index in [2.05, 4.69) is 0 Å². The van der Waals surface area contributed by atoms with Gasteiger partial charge in [0, 0.05) is 11.5 Å². The number of rotatable bonds is 2. The van der Waals surface area contributed by atoms with E-state index >= 15 is 0 Å². The fraction of sp³-hybridized carbons (Fsp3) is 0. The molecule has 3 rings (SSSR count). The highest BCUT2D eigenvalue weighted by Gasteiger charge is 2.24. The standard InChI is InChI=1S/C15H9N3O3/c16-9-12-10-5-1-3-7-13(10)17(19)15(12)11-6-2-4-8-14(11)18(20)21/h1-8,19H. The maximum Gasteiger partial charge on any atom is 0.278 e. The largest absolute Gasteiger partial charge is 0.428 e. The average Bonchev–Trinajstić information content (AvgIpc) is 2.80. The van der Waals surface area contributed by atoms with Crippen molar-refractivity contribution in [3.63, 3.8) is 0 Å². The van der Waals surface area contributed by atoms with Crippen LogP contribution in [0.25, 0.3) is 22.2 Å². The summed E-state index contributed by atoms with van der Waals surface area (Å²) in [4.78, 5) is 10.6. The minimum Gasteiger partial charge on any atom is -0.428 e. The number of benzene rings is 2. The minimum absolute atomic E-state index is 0.131. The van der Waals surface area contributed by atoms with Crippen LogP contribution in [0.4, 0.5) is 5.69 Å². The van der Waals surface area contributed by atoms with E-state index in [9.17, 15) is 20.6 Å². The molecule has 2 aromatic carbocycles. The molecule has 0 saturated heterocycles. The molecule has 0 saturated carbocycles. The summed E-state index contributed by atoms with van der Waals surface area (Å²) in [5, 5.41) is 31.4. The van der Waals surface area contributed by atoms with Crippen LogP contribution in [-0.4, -0.2) is 14.9 Å². The molecule has 0 amide bonds. The molecule has 0 aliphatic carbocycles. The van der Waals surface area contributed by atoms with Crippen LogP contribution >= 0.6 is 0 Å². The van der Waals surface area contributed by atoms with E-state index in [-0.39, 0.29) is 22.5 Å². The normalized spacial score (nSPS) is 10.4. The number of hydrogen-bond donors (Lipinski definition) is 1. The first-order valence-corrected chi connectivity index (χ1v) is 6.11. The maximum atomic E-state index is 11.2. The predicted molar refractivity (Wildman–Crippen MR) is 75.9 cm³/mol. The van der Waals surface area contributed by atoms with Crippen molar-refractivity contribution in [3.05, 3.63) is 64.2 Å². The van der Waals surface area contributed by atoms with Gasteiger partial charge in [-0.15, -0.1) is 0 Å². The number of hydrogen-bond acceptors (Lipinski definition) is 4. The highest BCUT2D eigenvalue weighted by molar-refractivity contribution is 5.95. The second-order valence-electron chi connectivity index (χ2n) is 4.44. The van der Waals surface area contributed by atoms with E-state index in [0.717, 1.165) is 4.73 Å². The highest BCUT2D eigenvalue weighted by Crippen LogP contribution is 2.36. The van der Waals surface area contributed by atoms with E-state index in [4.69, 9.17) is 0 Å². The highest BCUT2D eigenvalue weighted by atomic mass is 16.6. The molecule has 1 aromatic heterocycles. The van der Waals surface area contributed by atoms with Gasteiger partial charge in [-0.2, -0.15) is 9.99 Å². The van der Waals surface area contributed by atoms with Gasteiger partial charge in [-0.05, 0) is 12.1 Å². The Kier molecular flexibility index (Phi) is 2.81. The zero-order valence-corrected chi connectivity index (χ0v) is 10.7. The maximum absolute atomic E-state index is 11.2. The molecule has 21 heavy (non-hydrogen) atoms. The Morgan fingerprint density at radius 3 is 2.52 bits per heavy atom. The molecule has 6 nitrogen and oxygen atoms in total. The lowest BCUT2D eigenvalue weighted by Gasteiger charge is -2.04. The zero-order chi connectivity index (χ0) is 15.0. The van der Waals surface area contributed by atoms with Gasteiger partial charge in [0.1, 0.15) is 11.8 Å². The number of nitriles is 1. The summed E-state index contributed by atoms with van der Waals surface area (Å²) in [6.45, 7) is 0. The fourth-order valence-corrected chi connectivity index (χ4v) is 2.42. The summed E-state index contributed by atoms with van der Waals surface area (Å²) in [5.74, 6) is 0. The Morgan fingerprint density at radius 1 is 1.14 bits per heavy atom. The molecule has 1 heterocycles. The van der Waals surface area contributed by atoms with Crippen LogP contribution in [0, 0.1) is 21.4 Å². The van der Waals surface area contributed by atoms with Gasteiger partial charge in [0.15, 0.2) is 0 Å². The van der Waals surface area contributed by atoms with Crippen LogP contribution < -0.4 is 0 Å². The minimum atomic E-state index is -0.534. The zero-order valence-electron chi connectivity index (χ0n) is 10.7. The summed E-state index contributed by atoms with van der Waals surface area (Å²) < 4.78 is 0.830. The van der Waals surface area contributed by atoms with E-state index in [0.29, 0.717) is 10.9 Å². The van der Waals surface area contributed by atoms with Gasteiger partial charge in [-0.25, -0.2) is 0 Å². The molecule has 0 aliphatic heterocycles. The number of para-hydroxylation sites is 2. The number of nitro groups is 1. The molecule has 0 unspecified atom stereocenters. The van der Waals surface area contributed by atoms with Crippen molar-refractivity contribution in [2.24, 2.45) is 0 Å². The lowest BCUT2D eigenvalue weighted by atomic mass is 10.0. The number of fused-ring (bicyclic) bond motifs is 1. The molecule has 0 fully saturated rings. The van der Waals surface area contributed by atoms with Gasteiger partial charge >= 0.3 is 0 Å². The van der Waals surface area contributed by atoms with Crippen molar-refractivity contribution in [1.82, 2.24) is 4.73 Å². The van der Waals surface area contributed by atoms with Crippen molar-refractivity contribution in [2.75, 3.05) is 0 Å². The van der Waals surface area contributed by atoms with E-state index in [1.165, 1.54) is 18.2 Å². The van der Waals surface area contributed by atoms with Crippen molar-refractivity contribution in [3.8, 4) is 17.3 Å². The number of nitrogens with zero attached hydrogens (tertiary/aromatic N) is 3. The molecule has 0 atom stereocenters. The molecular formula is C15H9N3O3. The van der Waals surface area contributed by atoms with Gasteiger partial charge in [0.2, 0.25) is 0 Å². The van der Waals surface area contributed by atoms with Gasteiger partial charge in [-0.3, -0.25) is 10.1 Å². The average molecular weight is 279 g/mol. The van der Waals surface area contributed by atoms with Crippen LogP contribution in [0.2, 0.25) is 0 Å². The summed E-state index contributed by atoms with van der Waals surface area (Å²) in [6, 6.07) is 14.8. The number of nitro benzene ring substituents is 1. The Bertz CT molecular complexity index is 906. The lowest BCUT2D eigenvalue weighted by molar-refractivity contribution is -0.384. The molecule has 102 valence electrons. The molecule has 0 aliphatic rings. The van der Waals surface area contributed by atoms with Gasteiger partial charge < -0.3 is 5.21 Å². The summed E-state index contributed by atoms with van der Waals surface area (Å²) >= 11 is 0. The Labute approximate surface area is 119 Å². The Morgan fingerprint density at radius 2 is 1.81 bits per heavy atom. The third kappa shape index (κ3) is 1.80. The lowest BCUT2D eigenvalue weighted by Crippen LogP contribution is -1.98. The molecule has 0 spiro atoms. The second kappa shape index (κ2) is 4.65. The molecule has 3 aromatic rings. The van der Waals surface area contributed by atoms with E-state index < -0.39 is 4.92 Å². The van der Waals surface area contributed by atoms with Gasteiger partial charge in [0.25, 0.3) is 5.69 Å². The van der Waals surface area contributed by atoms with Crippen LogP contribution in [0.1, 0.15) is 5.56 Å². The van der Waals surface area contributed by atoms with Crippen molar-refractivity contribution >= 4 is 16.6 Å². The summed E-state index contributed by atoms with van der Waals surface area (Å²) in [5.41, 5.74) is 0.820. The van der Waals surface area contributed by atoms with Crippen LogP contribution in [0.5, 0.6) is 0 Å². The van der Waals surface area contributed by atoms with E-state index in [1.54, 1.807) is 30.3 Å². The second-order valence-corrected chi connectivity index (χ2v) is 4.44. The first-order valence-electron chi connectivity index (χ1n) is 6.11. The smallest absolute Gasteiger partial charge is 0.278 e. The predicted octanol–water partition coefficient (Wildman–Crippen LogP) is 3.33. The molecular weight excluding hydrogens is 270 g/mol.